The van der Waals surface area contributed by atoms with Gasteiger partial charge in [0.1, 0.15) is 11.6 Å². The molecule has 0 radical (unpaired) electrons. The third kappa shape index (κ3) is 6.15. The van der Waals surface area contributed by atoms with Gasteiger partial charge in [-0.05, 0) is 55.0 Å². The lowest BCUT2D eigenvalue weighted by atomic mass is 10.2. The maximum absolute atomic E-state index is 13.1. The molecular weight excluding hydrogens is 529 g/mol. The third-order valence-corrected chi connectivity index (χ3v) is 5.19. The fourth-order valence-electron chi connectivity index (χ4n) is 3.44. The molecule has 2 aromatic carbocycles. The molecule has 2 N–H and O–H groups in total. The second kappa shape index (κ2) is 11.2. The van der Waals surface area contributed by atoms with Crippen LogP contribution in [-0.4, -0.2) is 53.7 Å². The van der Waals surface area contributed by atoms with E-state index < -0.39 is 0 Å². The van der Waals surface area contributed by atoms with Gasteiger partial charge in [-0.3, -0.25) is 4.99 Å². The minimum atomic E-state index is -0.306. The second-order valence-electron chi connectivity index (χ2n) is 7.31. The molecule has 10 heteroatoms. The molecule has 0 unspecified atom stereocenters. The molecular formula is C22H25F2IN6O. The maximum Gasteiger partial charge on any atom is 0.227 e. The number of hydrogen-bond donors (Lipinski definition) is 1. The van der Waals surface area contributed by atoms with Gasteiger partial charge in [0.2, 0.25) is 11.7 Å². The number of rotatable bonds is 6. The molecule has 170 valence electrons. The van der Waals surface area contributed by atoms with Gasteiger partial charge >= 0.3 is 0 Å². The molecule has 1 fully saturated rings. The van der Waals surface area contributed by atoms with E-state index in [-0.39, 0.29) is 35.6 Å². The standard InChI is InChI=1S/C22H24F2N6O.HI/c23-17-5-3-16(4-6-17)21-27-20(31-28-21)2-1-11-26-22(25)30-14-12-29(13-15-30)19-9-7-18(24)8-10-19;/h3-10H,1-2,11-15H2,(H2,25,26);1H. The van der Waals surface area contributed by atoms with Crippen molar-refractivity contribution in [1.29, 1.82) is 0 Å². The van der Waals surface area contributed by atoms with E-state index in [1.807, 2.05) is 0 Å². The summed E-state index contributed by atoms with van der Waals surface area (Å²) in [6.07, 6.45) is 1.31. The van der Waals surface area contributed by atoms with Gasteiger partial charge in [-0.15, -0.1) is 24.0 Å². The summed E-state index contributed by atoms with van der Waals surface area (Å²) in [6, 6.07) is 12.5. The largest absolute Gasteiger partial charge is 0.370 e. The lowest BCUT2D eigenvalue weighted by Crippen LogP contribution is -2.51. The summed E-state index contributed by atoms with van der Waals surface area (Å²) in [4.78, 5) is 13.1. The number of anilines is 1. The average molecular weight is 554 g/mol. The normalized spacial score (nSPS) is 14.4. The molecule has 0 spiro atoms. The van der Waals surface area contributed by atoms with Gasteiger partial charge in [-0.1, -0.05) is 5.16 Å². The third-order valence-electron chi connectivity index (χ3n) is 5.19. The molecule has 2 heterocycles. The van der Waals surface area contributed by atoms with E-state index in [2.05, 4.69) is 24.9 Å². The molecule has 4 rings (SSSR count). The summed E-state index contributed by atoms with van der Waals surface area (Å²) in [5, 5.41) is 3.94. The topological polar surface area (TPSA) is 83.8 Å². The zero-order valence-electron chi connectivity index (χ0n) is 17.5. The molecule has 0 saturated carbocycles. The molecule has 1 aliphatic heterocycles. The van der Waals surface area contributed by atoms with Crippen LogP contribution in [0.1, 0.15) is 12.3 Å². The van der Waals surface area contributed by atoms with Crippen LogP contribution in [0.15, 0.2) is 58.0 Å². The molecule has 3 aromatic rings. The summed E-state index contributed by atoms with van der Waals surface area (Å²) in [5.74, 6) is 0.945. The molecule has 1 saturated heterocycles. The molecule has 1 aromatic heterocycles. The first-order chi connectivity index (χ1) is 15.1. The number of aliphatic imine (C=N–C) groups is 1. The van der Waals surface area contributed by atoms with Crippen LogP contribution in [0, 0.1) is 11.6 Å². The van der Waals surface area contributed by atoms with Gasteiger partial charge < -0.3 is 20.1 Å². The van der Waals surface area contributed by atoms with Gasteiger partial charge in [-0.25, -0.2) is 8.78 Å². The first-order valence-electron chi connectivity index (χ1n) is 10.2. The molecule has 0 aliphatic carbocycles. The van der Waals surface area contributed by atoms with Gasteiger partial charge in [0.15, 0.2) is 5.96 Å². The molecule has 0 bridgehead atoms. The van der Waals surface area contributed by atoms with Crippen molar-refractivity contribution in [2.75, 3.05) is 37.6 Å². The summed E-state index contributed by atoms with van der Waals surface area (Å²) in [6.45, 7) is 3.68. The van der Waals surface area contributed by atoms with Crippen molar-refractivity contribution >= 4 is 35.6 Å². The van der Waals surface area contributed by atoms with E-state index in [4.69, 9.17) is 10.3 Å². The van der Waals surface area contributed by atoms with Crippen LogP contribution < -0.4 is 10.6 Å². The predicted molar refractivity (Wildman–Crippen MR) is 130 cm³/mol. The number of halogens is 3. The Bertz CT molecular complexity index is 1020. The van der Waals surface area contributed by atoms with Crippen LogP contribution >= 0.6 is 24.0 Å². The molecule has 0 atom stereocenters. The van der Waals surface area contributed by atoms with E-state index in [0.717, 1.165) is 38.3 Å². The Balaban J connectivity index is 0.00000289. The van der Waals surface area contributed by atoms with E-state index in [1.54, 1.807) is 24.3 Å². The number of nitrogens with two attached hydrogens (primary N) is 1. The van der Waals surface area contributed by atoms with Gasteiger partial charge in [0.05, 0.1) is 0 Å². The maximum atomic E-state index is 13.1. The van der Waals surface area contributed by atoms with Crippen molar-refractivity contribution in [3.05, 3.63) is 66.1 Å². The zero-order chi connectivity index (χ0) is 21.6. The number of hydrogen-bond acceptors (Lipinski definition) is 5. The van der Waals surface area contributed by atoms with Crippen molar-refractivity contribution in [1.82, 2.24) is 15.0 Å². The Morgan fingerprint density at radius 2 is 1.59 bits per heavy atom. The van der Waals surface area contributed by atoms with Crippen LogP contribution in [-0.2, 0) is 6.42 Å². The zero-order valence-corrected chi connectivity index (χ0v) is 19.8. The van der Waals surface area contributed by atoms with Crippen molar-refractivity contribution in [3.63, 3.8) is 0 Å². The van der Waals surface area contributed by atoms with Crippen LogP contribution in [0.3, 0.4) is 0 Å². The first-order valence-corrected chi connectivity index (χ1v) is 10.2. The number of aryl methyl sites for hydroxylation is 1. The van der Waals surface area contributed by atoms with Gasteiger partial charge in [0.25, 0.3) is 0 Å². The Hall–Kier alpha value is -2.76. The van der Waals surface area contributed by atoms with Gasteiger partial charge in [0, 0.05) is 50.4 Å². The average Bonchev–Trinajstić information content (AvgIpc) is 3.27. The highest BCUT2D eigenvalue weighted by Crippen LogP contribution is 2.18. The number of aromatic nitrogens is 2. The number of piperazine rings is 1. The smallest absolute Gasteiger partial charge is 0.227 e. The van der Waals surface area contributed by atoms with Crippen molar-refractivity contribution < 1.29 is 13.3 Å². The fourth-order valence-corrected chi connectivity index (χ4v) is 3.44. The minimum absolute atomic E-state index is 0. The lowest BCUT2D eigenvalue weighted by molar-refractivity contribution is 0.374. The Morgan fingerprint density at radius 3 is 2.25 bits per heavy atom. The van der Waals surface area contributed by atoms with E-state index in [0.29, 0.717) is 36.2 Å². The van der Waals surface area contributed by atoms with Crippen molar-refractivity contribution in [2.45, 2.75) is 12.8 Å². The Kier molecular flexibility index (Phi) is 8.37. The first kappa shape index (κ1) is 23.9. The second-order valence-corrected chi connectivity index (χ2v) is 7.31. The van der Waals surface area contributed by atoms with Crippen LogP contribution in [0.25, 0.3) is 11.4 Å². The Labute approximate surface area is 202 Å². The lowest BCUT2D eigenvalue weighted by Gasteiger charge is -2.36. The molecule has 1 aliphatic rings. The fraction of sp³-hybridized carbons (Fsp3) is 0.318. The molecule has 32 heavy (non-hydrogen) atoms. The minimum Gasteiger partial charge on any atom is -0.370 e. The number of nitrogens with zero attached hydrogens (tertiary/aromatic N) is 5. The summed E-state index contributed by atoms with van der Waals surface area (Å²) in [7, 11) is 0. The summed E-state index contributed by atoms with van der Waals surface area (Å²) in [5.41, 5.74) is 7.87. The number of guanidine groups is 1. The highest BCUT2D eigenvalue weighted by molar-refractivity contribution is 14.0. The summed E-state index contributed by atoms with van der Waals surface area (Å²) >= 11 is 0. The van der Waals surface area contributed by atoms with E-state index in [9.17, 15) is 8.78 Å². The van der Waals surface area contributed by atoms with Crippen molar-refractivity contribution in [2.24, 2.45) is 10.7 Å². The quantitative estimate of drug-likeness (QED) is 0.217. The Morgan fingerprint density at radius 1 is 0.969 bits per heavy atom. The predicted octanol–water partition coefficient (Wildman–Crippen LogP) is 3.70. The highest BCUT2D eigenvalue weighted by atomic mass is 127. The van der Waals surface area contributed by atoms with Crippen molar-refractivity contribution in [3.8, 4) is 11.4 Å². The monoisotopic (exact) mass is 554 g/mol. The van der Waals surface area contributed by atoms with Crippen LogP contribution in [0.5, 0.6) is 0 Å². The van der Waals surface area contributed by atoms with Crippen LogP contribution in [0.4, 0.5) is 14.5 Å². The number of benzene rings is 2. The van der Waals surface area contributed by atoms with E-state index in [1.165, 1.54) is 24.3 Å². The van der Waals surface area contributed by atoms with Crippen LogP contribution in [0.2, 0.25) is 0 Å². The van der Waals surface area contributed by atoms with Gasteiger partial charge in [-0.2, -0.15) is 4.98 Å². The molecule has 7 nitrogen and oxygen atoms in total. The highest BCUT2D eigenvalue weighted by Gasteiger charge is 2.18. The summed E-state index contributed by atoms with van der Waals surface area (Å²) < 4.78 is 31.4. The SMILES string of the molecule is I.NC(=NCCCc1nc(-c2ccc(F)cc2)no1)N1CCN(c2ccc(F)cc2)CC1. The molecule has 0 amide bonds. The van der Waals surface area contributed by atoms with E-state index >= 15 is 0 Å².